The summed E-state index contributed by atoms with van der Waals surface area (Å²) in [6.07, 6.45) is -4.82. The van der Waals surface area contributed by atoms with E-state index in [1.165, 1.54) is 25.3 Å². The molecule has 4 aliphatic rings. The van der Waals surface area contributed by atoms with E-state index >= 15 is 0 Å². The standard InChI is InChI=1S/C30H31NO11/c1-31-13-12-29-20-16-8-9-17(39-2)24(20)41-25(29)18(10-11-30(29,38)19(31)14-16)40-27(36)21(32)22(33)28(37)42-23(26(34)35)15-6-4-3-5-7-15/h3-10,19,21-23,25,32-33,38H,11-14H2,1-2H3,(H,34,35)/t19-,21+,22+,23-,25-,29-,30+/m0/s1. The summed E-state index contributed by atoms with van der Waals surface area (Å²) in [6.45, 7) is 0.642. The fourth-order valence-electron chi connectivity index (χ4n) is 7.10. The van der Waals surface area contributed by atoms with E-state index in [1.54, 1.807) is 24.3 Å². The van der Waals surface area contributed by atoms with E-state index < -0.39 is 53.3 Å². The summed E-state index contributed by atoms with van der Waals surface area (Å²) in [5, 5.41) is 42.7. The normalized spacial score (nSPS) is 29.2. The maximum Gasteiger partial charge on any atom is 0.349 e. The molecule has 0 radical (unpaired) electrons. The summed E-state index contributed by atoms with van der Waals surface area (Å²) in [4.78, 5) is 39.4. The Morgan fingerprint density at radius 3 is 2.48 bits per heavy atom. The first-order valence-electron chi connectivity index (χ1n) is 13.6. The minimum Gasteiger partial charge on any atom is -0.493 e. The molecule has 1 spiro atoms. The number of likely N-dealkylation sites (tertiary alicyclic amines) is 1. The van der Waals surface area contributed by atoms with Gasteiger partial charge < -0.3 is 44.3 Å². The van der Waals surface area contributed by atoms with E-state index in [0.717, 1.165) is 11.1 Å². The number of likely N-dealkylation sites (N-methyl/N-ethyl adjacent to an activating group) is 1. The van der Waals surface area contributed by atoms with E-state index in [4.69, 9.17) is 18.9 Å². The van der Waals surface area contributed by atoms with Crippen LogP contribution in [0.4, 0.5) is 0 Å². The van der Waals surface area contributed by atoms with Crippen LogP contribution >= 0.6 is 0 Å². The van der Waals surface area contributed by atoms with Gasteiger partial charge in [-0.3, -0.25) is 0 Å². The molecule has 0 amide bonds. The lowest BCUT2D eigenvalue weighted by Gasteiger charge is -2.61. The molecule has 2 bridgehead atoms. The Bertz CT molecular complexity index is 1480. The summed E-state index contributed by atoms with van der Waals surface area (Å²) in [6, 6.07) is 11.1. The van der Waals surface area contributed by atoms with Crippen LogP contribution < -0.4 is 9.47 Å². The Hall–Kier alpha value is -3.97. The molecule has 1 fully saturated rings. The highest BCUT2D eigenvalue weighted by atomic mass is 16.6. The van der Waals surface area contributed by atoms with Crippen LogP contribution in [0.2, 0.25) is 0 Å². The molecule has 2 aliphatic carbocycles. The Morgan fingerprint density at radius 1 is 1.07 bits per heavy atom. The van der Waals surface area contributed by atoms with Gasteiger partial charge in [-0.1, -0.05) is 36.4 Å². The number of carboxylic acids is 1. The van der Waals surface area contributed by atoms with Crippen molar-refractivity contribution in [1.82, 2.24) is 4.90 Å². The van der Waals surface area contributed by atoms with Gasteiger partial charge in [-0.25, -0.2) is 14.4 Å². The highest BCUT2D eigenvalue weighted by Crippen LogP contribution is 2.65. The zero-order chi connectivity index (χ0) is 30.0. The van der Waals surface area contributed by atoms with Gasteiger partial charge in [0.1, 0.15) is 5.76 Å². The summed E-state index contributed by atoms with van der Waals surface area (Å²) < 4.78 is 22.4. The van der Waals surface area contributed by atoms with Gasteiger partial charge in [0.2, 0.25) is 6.10 Å². The van der Waals surface area contributed by atoms with Gasteiger partial charge >= 0.3 is 17.9 Å². The smallest absolute Gasteiger partial charge is 0.349 e. The average Bonchev–Trinajstić information content (AvgIpc) is 3.34. The Morgan fingerprint density at radius 2 is 1.79 bits per heavy atom. The van der Waals surface area contributed by atoms with E-state index in [-0.39, 0.29) is 23.8 Å². The molecule has 12 nitrogen and oxygen atoms in total. The molecule has 222 valence electrons. The molecule has 2 aromatic rings. The molecule has 4 N–H and O–H groups in total. The van der Waals surface area contributed by atoms with Crippen molar-refractivity contribution in [3.8, 4) is 11.5 Å². The van der Waals surface area contributed by atoms with Crippen LogP contribution in [0.25, 0.3) is 0 Å². The lowest BCUT2D eigenvalue weighted by molar-refractivity contribution is -0.183. The van der Waals surface area contributed by atoms with Gasteiger partial charge in [-0.2, -0.15) is 0 Å². The number of aliphatic hydroxyl groups is 3. The zero-order valence-electron chi connectivity index (χ0n) is 22.9. The summed E-state index contributed by atoms with van der Waals surface area (Å²) in [5.74, 6) is -3.46. The van der Waals surface area contributed by atoms with Crippen LogP contribution in [0.5, 0.6) is 11.5 Å². The first-order chi connectivity index (χ1) is 20.0. The second kappa shape index (κ2) is 10.1. The number of hydrogen-bond acceptors (Lipinski definition) is 11. The number of carbonyl (C=O) groups is 3. The second-order valence-corrected chi connectivity index (χ2v) is 11.2. The van der Waals surface area contributed by atoms with E-state index in [2.05, 4.69) is 4.90 Å². The van der Waals surface area contributed by atoms with Crippen LogP contribution in [-0.4, -0.2) is 93.9 Å². The molecule has 0 aromatic heterocycles. The molecular formula is C30H31NO11. The largest absolute Gasteiger partial charge is 0.493 e. The van der Waals surface area contributed by atoms with Crippen molar-refractivity contribution in [3.05, 3.63) is 71.0 Å². The molecule has 0 unspecified atom stereocenters. The van der Waals surface area contributed by atoms with Gasteiger partial charge in [-0.05, 0) is 44.1 Å². The highest BCUT2D eigenvalue weighted by molar-refractivity contribution is 5.87. The molecule has 7 atom stereocenters. The van der Waals surface area contributed by atoms with Crippen molar-refractivity contribution < 1.29 is 53.8 Å². The molecule has 12 heteroatoms. The third-order valence-corrected chi connectivity index (χ3v) is 9.12. The Balaban J connectivity index is 1.25. The molecular weight excluding hydrogens is 550 g/mol. The van der Waals surface area contributed by atoms with Gasteiger partial charge in [0.15, 0.2) is 29.8 Å². The topological polar surface area (TPSA) is 172 Å². The fraction of sp³-hybridized carbons (Fsp3) is 0.433. The number of ether oxygens (including phenoxy) is 4. The number of aliphatic carboxylic acids is 1. The predicted octanol–water partition coefficient (Wildman–Crippen LogP) is 0.607. The quantitative estimate of drug-likeness (QED) is 0.321. The lowest BCUT2D eigenvalue weighted by atomic mass is 9.50. The molecule has 0 saturated carbocycles. The number of benzene rings is 2. The molecule has 1 saturated heterocycles. The number of hydrogen-bond donors (Lipinski definition) is 4. The number of carboxylic acid groups (broad SMARTS) is 1. The minimum atomic E-state index is -2.43. The van der Waals surface area contributed by atoms with Gasteiger partial charge in [0.25, 0.3) is 0 Å². The first kappa shape index (κ1) is 28.2. The number of carbonyl (C=O) groups excluding carboxylic acids is 2. The second-order valence-electron chi connectivity index (χ2n) is 11.2. The Kier molecular flexibility index (Phi) is 6.76. The summed E-state index contributed by atoms with van der Waals surface area (Å²) in [7, 11) is 3.46. The minimum absolute atomic E-state index is 0.0198. The number of rotatable bonds is 8. The maximum atomic E-state index is 13.0. The molecule has 2 aromatic carbocycles. The molecule has 2 aliphatic heterocycles. The molecule has 6 rings (SSSR count). The number of aliphatic hydroxyl groups excluding tert-OH is 2. The number of nitrogens with zero attached hydrogens (tertiary/aromatic N) is 1. The number of esters is 2. The first-order valence-corrected chi connectivity index (χ1v) is 13.6. The summed E-state index contributed by atoms with van der Waals surface area (Å²) >= 11 is 0. The van der Waals surface area contributed by atoms with Crippen LogP contribution in [0, 0.1) is 0 Å². The summed E-state index contributed by atoms with van der Waals surface area (Å²) in [5.41, 5.74) is -0.301. The van der Waals surface area contributed by atoms with Crippen LogP contribution in [0.1, 0.15) is 35.6 Å². The lowest BCUT2D eigenvalue weighted by Crippen LogP contribution is -2.74. The molecule has 42 heavy (non-hydrogen) atoms. The third-order valence-electron chi connectivity index (χ3n) is 9.12. The van der Waals surface area contributed by atoms with Crippen LogP contribution in [-0.2, 0) is 35.7 Å². The van der Waals surface area contributed by atoms with Crippen LogP contribution in [0.3, 0.4) is 0 Å². The predicted molar refractivity (Wildman–Crippen MR) is 142 cm³/mol. The van der Waals surface area contributed by atoms with Crippen molar-refractivity contribution in [3.63, 3.8) is 0 Å². The zero-order valence-corrected chi connectivity index (χ0v) is 22.9. The average molecular weight is 582 g/mol. The number of piperidine rings is 1. The van der Waals surface area contributed by atoms with E-state index in [1.807, 2.05) is 13.1 Å². The van der Waals surface area contributed by atoms with Crippen LogP contribution in [0.15, 0.2) is 54.3 Å². The highest BCUT2D eigenvalue weighted by Gasteiger charge is 2.72. The number of methoxy groups -OCH3 is 1. The van der Waals surface area contributed by atoms with Crippen molar-refractivity contribution in [2.75, 3.05) is 20.7 Å². The van der Waals surface area contributed by atoms with Crippen molar-refractivity contribution in [2.24, 2.45) is 0 Å². The van der Waals surface area contributed by atoms with Gasteiger partial charge in [-0.15, -0.1) is 0 Å². The van der Waals surface area contributed by atoms with Crippen molar-refractivity contribution >= 4 is 17.9 Å². The van der Waals surface area contributed by atoms with Crippen molar-refractivity contribution in [1.29, 1.82) is 0 Å². The SMILES string of the molecule is COc1ccc2c3c1O[C@H]1C(OC(=O)[C@H](O)[C@@H](O)C(=O)O[C@H](C(=O)O)c4ccccc4)=CC[C@@]4(O)[C@H](C2)N(C)CC[C@]314. The van der Waals surface area contributed by atoms with E-state index in [9.17, 15) is 34.8 Å². The van der Waals surface area contributed by atoms with Crippen molar-refractivity contribution in [2.45, 2.75) is 60.7 Å². The van der Waals surface area contributed by atoms with E-state index in [0.29, 0.717) is 30.9 Å². The maximum absolute atomic E-state index is 13.0. The Labute approximate surface area is 240 Å². The fourth-order valence-corrected chi connectivity index (χ4v) is 7.10. The van der Waals surface area contributed by atoms with Gasteiger partial charge in [0, 0.05) is 23.6 Å². The monoisotopic (exact) mass is 581 g/mol. The molecule has 2 heterocycles. The third kappa shape index (κ3) is 3.93. The van der Waals surface area contributed by atoms with Gasteiger partial charge in [0.05, 0.1) is 18.1 Å².